The number of urea groups is 1. The predicted molar refractivity (Wildman–Crippen MR) is 149 cm³/mol. The smallest absolute Gasteiger partial charge is 0.335 e. The van der Waals surface area contributed by atoms with Gasteiger partial charge in [0.25, 0.3) is 17.7 Å². The van der Waals surface area contributed by atoms with Crippen LogP contribution in [0.3, 0.4) is 0 Å². The van der Waals surface area contributed by atoms with Crippen LogP contribution in [0, 0.1) is 20.8 Å². The summed E-state index contributed by atoms with van der Waals surface area (Å²) in [5.41, 5.74) is 3.62. The molecule has 0 spiro atoms. The minimum Gasteiger partial charge on any atom is -0.483 e. The summed E-state index contributed by atoms with van der Waals surface area (Å²) in [6.45, 7) is 5.27. The van der Waals surface area contributed by atoms with Gasteiger partial charge in [-0.2, -0.15) is 0 Å². The molecule has 2 N–H and O–H groups in total. The zero-order chi connectivity index (χ0) is 27.6. The molecule has 4 rings (SSSR count). The number of nitrogens with one attached hydrogen (secondary N) is 2. The maximum Gasteiger partial charge on any atom is 0.335 e. The maximum absolute atomic E-state index is 13.4. The maximum atomic E-state index is 13.4. The van der Waals surface area contributed by atoms with Gasteiger partial charge < -0.3 is 10.1 Å². The molecule has 0 atom stereocenters. The zero-order valence-corrected chi connectivity index (χ0v) is 23.1. The third-order valence-corrected chi connectivity index (χ3v) is 6.53. The third-order valence-electron chi connectivity index (χ3n) is 5.80. The number of amides is 5. The van der Waals surface area contributed by atoms with Gasteiger partial charge in [-0.3, -0.25) is 19.7 Å². The first-order valence-electron chi connectivity index (χ1n) is 11.5. The number of carbonyl (C=O) groups is 4. The SMILES string of the molecule is Cc1ccc(NC(=O)COc2ccc(Br)cc2/C=C2\C(=O)NC(=O)N(c3cc(Cl)ccc3C)C2=O)c(C)c1. The van der Waals surface area contributed by atoms with Gasteiger partial charge in [-0.25, -0.2) is 9.69 Å². The van der Waals surface area contributed by atoms with Crippen LogP contribution in [0.15, 0.2) is 64.6 Å². The lowest BCUT2D eigenvalue weighted by molar-refractivity contribution is -0.122. The Labute approximate surface area is 232 Å². The number of hydrogen-bond acceptors (Lipinski definition) is 5. The molecule has 1 heterocycles. The van der Waals surface area contributed by atoms with E-state index in [0.29, 0.717) is 26.3 Å². The molecule has 8 nitrogen and oxygen atoms in total. The van der Waals surface area contributed by atoms with Crippen LogP contribution in [0.4, 0.5) is 16.2 Å². The molecular formula is C28H23BrClN3O5. The first-order valence-corrected chi connectivity index (χ1v) is 12.7. The number of barbiturate groups is 1. The quantitative estimate of drug-likeness (QED) is 0.280. The molecule has 3 aromatic rings. The number of imide groups is 2. The minimum atomic E-state index is -0.878. The normalized spacial score (nSPS) is 14.5. The van der Waals surface area contributed by atoms with E-state index in [2.05, 4.69) is 26.6 Å². The van der Waals surface area contributed by atoms with Gasteiger partial charge >= 0.3 is 6.03 Å². The molecule has 1 aliphatic heterocycles. The highest BCUT2D eigenvalue weighted by molar-refractivity contribution is 9.10. The van der Waals surface area contributed by atoms with Crippen molar-refractivity contribution in [1.82, 2.24) is 5.32 Å². The van der Waals surface area contributed by atoms with Crippen molar-refractivity contribution in [2.45, 2.75) is 20.8 Å². The molecule has 0 aliphatic carbocycles. The standard InChI is InChI=1S/C28H23BrClN3O5/c1-15-4-8-22(17(3)10-15)31-25(34)14-38-24-9-6-19(29)11-18(24)12-21-26(35)32-28(37)33(27(21)36)23-13-20(30)7-5-16(23)2/h4-13H,14H2,1-3H3,(H,31,34)(H,32,35,37)/b21-12+. The zero-order valence-electron chi connectivity index (χ0n) is 20.7. The van der Waals surface area contributed by atoms with E-state index >= 15 is 0 Å². The van der Waals surface area contributed by atoms with Crippen LogP contribution >= 0.6 is 27.5 Å². The summed E-state index contributed by atoms with van der Waals surface area (Å²) in [6.07, 6.45) is 1.32. The van der Waals surface area contributed by atoms with Crippen molar-refractivity contribution in [3.63, 3.8) is 0 Å². The van der Waals surface area contributed by atoms with Crippen LogP contribution in [0.2, 0.25) is 5.02 Å². The Kier molecular flexibility index (Phi) is 7.99. The molecule has 1 aliphatic rings. The monoisotopic (exact) mass is 595 g/mol. The average Bonchev–Trinajstić information content (AvgIpc) is 2.85. The molecule has 3 aromatic carbocycles. The third kappa shape index (κ3) is 5.95. The van der Waals surface area contributed by atoms with Gasteiger partial charge in [0.1, 0.15) is 11.3 Å². The second kappa shape index (κ2) is 11.2. The van der Waals surface area contributed by atoms with Gasteiger partial charge in [0, 0.05) is 20.7 Å². The highest BCUT2D eigenvalue weighted by Gasteiger charge is 2.37. The van der Waals surface area contributed by atoms with Crippen LogP contribution in [0.1, 0.15) is 22.3 Å². The number of anilines is 2. The van der Waals surface area contributed by atoms with E-state index in [1.807, 2.05) is 32.0 Å². The Morgan fingerprint density at radius 1 is 1.03 bits per heavy atom. The lowest BCUT2D eigenvalue weighted by Crippen LogP contribution is -2.54. The number of hydrogen-bond donors (Lipinski definition) is 2. The molecular weight excluding hydrogens is 574 g/mol. The molecule has 1 fully saturated rings. The van der Waals surface area contributed by atoms with E-state index in [-0.39, 0.29) is 29.5 Å². The fourth-order valence-electron chi connectivity index (χ4n) is 3.90. The van der Waals surface area contributed by atoms with Crippen LogP contribution in [0.25, 0.3) is 6.08 Å². The summed E-state index contributed by atoms with van der Waals surface area (Å²) < 4.78 is 6.40. The number of carbonyl (C=O) groups excluding carboxylic acids is 4. The van der Waals surface area contributed by atoms with Gasteiger partial charge in [-0.15, -0.1) is 0 Å². The number of nitrogens with zero attached hydrogens (tertiary/aromatic N) is 1. The molecule has 5 amide bonds. The summed E-state index contributed by atoms with van der Waals surface area (Å²) in [5, 5.41) is 5.34. The fourth-order valence-corrected chi connectivity index (χ4v) is 4.45. The number of aryl methyl sites for hydroxylation is 3. The molecule has 0 radical (unpaired) electrons. The Morgan fingerprint density at radius 3 is 2.53 bits per heavy atom. The Bertz CT molecular complexity index is 1520. The van der Waals surface area contributed by atoms with Gasteiger partial charge in [0.15, 0.2) is 6.61 Å². The van der Waals surface area contributed by atoms with E-state index in [9.17, 15) is 19.2 Å². The van der Waals surface area contributed by atoms with Crippen molar-refractivity contribution >= 4 is 68.7 Å². The summed E-state index contributed by atoms with van der Waals surface area (Å²) >= 11 is 9.46. The Balaban J connectivity index is 1.60. The first-order chi connectivity index (χ1) is 18.0. The van der Waals surface area contributed by atoms with Crippen molar-refractivity contribution < 1.29 is 23.9 Å². The molecule has 0 saturated carbocycles. The topological polar surface area (TPSA) is 105 Å². The van der Waals surface area contributed by atoms with Crippen LogP contribution in [-0.4, -0.2) is 30.4 Å². The first kappa shape index (κ1) is 27.1. The largest absolute Gasteiger partial charge is 0.483 e. The summed E-state index contributed by atoms with van der Waals surface area (Å²) in [6, 6.07) is 14.5. The van der Waals surface area contributed by atoms with E-state index < -0.39 is 17.8 Å². The lowest BCUT2D eigenvalue weighted by atomic mass is 10.0. The summed E-state index contributed by atoms with van der Waals surface area (Å²) in [5.74, 6) is -1.78. The van der Waals surface area contributed by atoms with Crippen molar-refractivity contribution in [2.75, 3.05) is 16.8 Å². The van der Waals surface area contributed by atoms with E-state index in [1.54, 1.807) is 37.3 Å². The van der Waals surface area contributed by atoms with Crippen molar-refractivity contribution in [3.8, 4) is 5.75 Å². The second-order valence-corrected chi connectivity index (χ2v) is 10.1. The number of ether oxygens (including phenoxy) is 1. The molecule has 10 heteroatoms. The van der Waals surface area contributed by atoms with Gasteiger partial charge in [0.2, 0.25) is 0 Å². The van der Waals surface area contributed by atoms with E-state index in [4.69, 9.17) is 16.3 Å². The number of rotatable bonds is 6. The number of halogens is 2. The molecule has 0 bridgehead atoms. The molecule has 194 valence electrons. The van der Waals surface area contributed by atoms with Crippen molar-refractivity contribution in [3.05, 3.63) is 91.9 Å². The van der Waals surface area contributed by atoms with Gasteiger partial charge in [-0.1, -0.05) is 51.3 Å². The number of benzene rings is 3. The molecule has 1 saturated heterocycles. The highest BCUT2D eigenvalue weighted by Crippen LogP contribution is 2.30. The molecule has 38 heavy (non-hydrogen) atoms. The Morgan fingerprint density at radius 2 is 1.79 bits per heavy atom. The molecule has 0 aromatic heterocycles. The van der Waals surface area contributed by atoms with Crippen LogP contribution in [-0.2, 0) is 14.4 Å². The predicted octanol–water partition coefficient (Wildman–Crippen LogP) is 5.71. The summed E-state index contributed by atoms with van der Waals surface area (Å²) in [4.78, 5) is 52.0. The average molecular weight is 597 g/mol. The minimum absolute atomic E-state index is 0.257. The fraction of sp³-hybridized carbons (Fsp3) is 0.143. The van der Waals surface area contributed by atoms with Crippen LogP contribution in [0.5, 0.6) is 5.75 Å². The summed E-state index contributed by atoms with van der Waals surface area (Å²) in [7, 11) is 0. The van der Waals surface area contributed by atoms with Crippen LogP contribution < -0.4 is 20.3 Å². The van der Waals surface area contributed by atoms with Gasteiger partial charge in [0.05, 0.1) is 5.69 Å². The van der Waals surface area contributed by atoms with Gasteiger partial charge in [-0.05, 0) is 74.4 Å². The highest BCUT2D eigenvalue weighted by atomic mass is 79.9. The van der Waals surface area contributed by atoms with Crippen molar-refractivity contribution in [1.29, 1.82) is 0 Å². The Hall–Kier alpha value is -3.95. The van der Waals surface area contributed by atoms with E-state index in [0.717, 1.165) is 16.0 Å². The lowest BCUT2D eigenvalue weighted by Gasteiger charge is -2.27. The van der Waals surface area contributed by atoms with Crippen molar-refractivity contribution in [2.24, 2.45) is 0 Å². The second-order valence-electron chi connectivity index (χ2n) is 8.73. The van der Waals surface area contributed by atoms with E-state index in [1.165, 1.54) is 12.1 Å². The molecule has 0 unspecified atom stereocenters.